The van der Waals surface area contributed by atoms with Gasteiger partial charge in [-0.2, -0.15) is 4.98 Å². The third-order valence-corrected chi connectivity index (χ3v) is 6.20. The number of nitrogens with zero attached hydrogens (tertiary/aromatic N) is 4. The van der Waals surface area contributed by atoms with Crippen LogP contribution in [0.1, 0.15) is 12.0 Å². The molecule has 0 bridgehead atoms. The fraction of sp³-hybridized carbons (Fsp3) is 0.241. The van der Waals surface area contributed by atoms with E-state index < -0.39 is 17.2 Å². The number of anilines is 3. The van der Waals surface area contributed by atoms with Crippen LogP contribution >= 0.6 is 0 Å². The summed E-state index contributed by atoms with van der Waals surface area (Å²) >= 11 is 0. The molecule has 214 valence electrons. The van der Waals surface area contributed by atoms with Gasteiger partial charge in [-0.15, -0.1) is 0 Å². The summed E-state index contributed by atoms with van der Waals surface area (Å²) in [6.07, 6.45) is 4.22. The van der Waals surface area contributed by atoms with Crippen molar-refractivity contribution in [3.8, 4) is 17.2 Å². The van der Waals surface area contributed by atoms with Gasteiger partial charge in [-0.05, 0) is 75.5 Å². The third-order valence-electron chi connectivity index (χ3n) is 6.20. The number of pyridine rings is 1. The number of benzene rings is 2. The fourth-order valence-electron chi connectivity index (χ4n) is 4.13. The van der Waals surface area contributed by atoms with Crippen molar-refractivity contribution in [3.63, 3.8) is 0 Å². The summed E-state index contributed by atoms with van der Waals surface area (Å²) in [6.45, 7) is 4.40. The smallest absolute Gasteiger partial charge is 0.294 e. The van der Waals surface area contributed by atoms with Crippen LogP contribution in [0.25, 0.3) is 11.0 Å². The zero-order valence-electron chi connectivity index (χ0n) is 23.1. The first kappa shape index (κ1) is 29.2. The fourth-order valence-corrected chi connectivity index (χ4v) is 4.13. The van der Waals surface area contributed by atoms with Crippen molar-refractivity contribution in [1.29, 1.82) is 0 Å². The molecule has 0 aliphatic rings. The van der Waals surface area contributed by atoms with E-state index in [9.17, 15) is 18.4 Å². The molecule has 0 aliphatic heterocycles. The van der Waals surface area contributed by atoms with Crippen LogP contribution in [-0.4, -0.2) is 53.1 Å². The van der Waals surface area contributed by atoms with Gasteiger partial charge in [-0.1, -0.05) is 6.58 Å². The van der Waals surface area contributed by atoms with Crippen LogP contribution in [0.3, 0.4) is 0 Å². The maximum atomic E-state index is 14.1. The number of hydrogen-bond donors (Lipinski definition) is 2. The monoisotopic (exact) mass is 564 g/mol. The zero-order valence-corrected chi connectivity index (χ0v) is 23.1. The zero-order chi connectivity index (χ0) is 29.7. The first-order chi connectivity index (χ1) is 19.6. The molecule has 2 aromatic carbocycles. The number of aryl methyl sites for hydroxylation is 2. The van der Waals surface area contributed by atoms with E-state index in [0.717, 1.165) is 30.7 Å². The second-order valence-corrected chi connectivity index (χ2v) is 9.46. The minimum atomic E-state index is -0.940. The van der Waals surface area contributed by atoms with Crippen LogP contribution in [0.2, 0.25) is 0 Å². The van der Waals surface area contributed by atoms with E-state index in [0.29, 0.717) is 35.0 Å². The molecule has 0 unspecified atom stereocenters. The highest BCUT2D eigenvalue weighted by Gasteiger charge is 2.16. The summed E-state index contributed by atoms with van der Waals surface area (Å²) in [5, 5.41) is 6.38. The molecule has 4 aromatic rings. The number of nitrogens with one attached hydrogen (secondary N) is 2. The topological polar surface area (TPSA) is 111 Å². The Morgan fingerprint density at radius 1 is 1.12 bits per heavy atom. The minimum Gasteiger partial charge on any atom is -0.495 e. The first-order valence-corrected chi connectivity index (χ1v) is 12.7. The lowest BCUT2D eigenvalue weighted by Crippen LogP contribution is -2.19. The summed E-state index contributed by atoms with van der Waals surface area (Å²) in [6, 6.07) is 7.75. The summed E-state index contributed by atoms with van der Waals surface area (Å²) in [5.41, 5.74) is 1.65. The quantitative estimate of drug-likeness (QED) is 0.251. The Balaban J connectivity index is 1.67. The number of aromatic nitrogens is 3. The largest absolute Gasteiger partial charge is 0.495 e. The molecule has 4 rings (SSSR count). The lowest BCUT2D eigenvalue weighted by Gasteiger charge is -2.18. The predicted octanol–water partition coefficient (Wildman–Crippen LogP) is 4.77. The van der Waals surface area contributed by atoms with E-state index in [1.165, 1.54) is 37.1 Å². The third kappa shape index (κ3) is 6.84. The number of amides is 1. The Morgan fingerprint density at radius 3 is 2.59 bits per heavy atom. The molecular formula is C29H30F2N6O4. The van der Waals surface area contributed by atoms with E-state index in [2.05, 4.69) is 32.1 Å². The van der Waals surface area contributed by atoms with Gasteiger partial charge in [0.15, 0.2) is 17.3 Å². The molecule has 0 fully saturated rings. The van der Waals surface area contributed by atoms with Crippen LogP contribution in [-0.2, 0) is 18.3 Å². The van der Waals surface area contributed by atoms with E-state index in [-0.39, 0.29) is 29.0 Å². The van der Waals surface area contributed by atoms with Gasteiger partial charge < -0.3 is 25.0 Å². The molecule has 12 heteroatoms. The van der Waals surface area contributed by atoms with Crippen molar-refractivity contribution < 1.29 is 23.0 Å². The molecular weight excluding hydrogens is 534 g/mol. The second-order valence-electron chi connectivity index (χ2n) is 9.46. The summed E-state index contributed by atoms with van der Waals surface area (Å²) in [7, 11) is 7.00. The van der Waals surface area contributed by atoms with Gasteiger partial charge in [0.05, 0.1) is 12.8 Å². The van der Waals surface area contributed by atoms with Crippen molar-refractivity contribution in [1.82, 2.24) is 19.4 Å². The molecule has 0 saturated heterocycles. The highest BCUT2D eigenvalue weighted by Crippen LogP contribution is 2.34. The molecule has 41 heavy (non-hydrogen) atoms. The molecule has 2 heterocycles. The van der Waals surface area contributed by atoms with E-state index in [1.807, 2.05) is 20.2 Å². The summed E-state index contributed by atoms with van der Waals surface area (Å²) in [5.74, 6) is -1.87. The minimum absolute atomic E-state index is 0.158. The molecule has 0 aliphatic carbocycles. The van der Waals surface area contributed by atoms with Gasteiger partial charge in [0.25, 0.3) is 5.56 Å². The van der Waals surface area contributed by atoms with Crippen molar-refractivity contribution >= 4 is 34.3 Å². The van der Waals surface area contributed by atoms with Crippen LogP contribution in [0.15, 0.2) is 60.0 Å². The molecule has 0 radical (unpaired) electrons. The SMILES string of the molecule is C=CC(=O)Nc1cc(Nc2ncc3cc(Oc4ccc(F)cc4F)c(=O)n(C)c3n2)c(OC)cc1CCCN(C)C. The maximum absolute atomic E-state index is 14.1. The molecule has 0 atom stereocenters. The molecule has 10 nitrogen and oxygen atoms in total. The molecule has 0 saturated carbocycles. The normalized spacial score (nSPS) is 11.0. The number of ether oxygens (including phenoxy) is 2. The van der Waals surface area contributed by atoms with E-state index in [4.69, 9.17) is 9.47 Å². The second kappa shape index (κ2) is 12.6. The average molecular weight is 565 g/mol. The number of carbonyl (C=O) groups excluding carboxylic acids is 1. The Kier molecular flexibility index (Phi) is 8.93. The van der Waals surface area contributed by atoms with E-state index in [1.54, 1.807) is 6.07 Å². The highest BCUT2D eigenvalue weighted by atomic mass is 19.1. The van der Waals surface area contributed by atoms with Gasteiger partial charge in [-0.25, -0.2) is 13.8 Å². The molecule has 2 N–H and O–H groups in total. The molecule has 2 aromatic heterocycles. The van der Waals surface area contributed by atoms with Gasteiger partial charge in [0.1, 0.15) is 17.2 Å². The van der Waals surface area contributed by atoms with Crippen LogP contribution < -0.4 is 25.7 Å². The number of halogens is 2. The van der Waals surface area contributed by atoms with Crippen molar-refractivity contribution in [2.45, 2.75) is 12.8 Å². The van der Waals surface area contributed by atoms with Crippen molar-refractivity contribution in [2.24, 2.45) is 7.05 Å². The van der Waals surface area contributed by atoms with Crippen molar-refractivity contribution in [2.75, 3.05) is 38.4 Å². The van der Waals surface area contributed by atoms with E-state index >= 15 is 0 Å². The number of methoxy groups -OCH3 is 1. The number of fused-ring (bicyclic) bond motifs is 1. The van der Waals surface area contributed by atoms with Gasteiger partial charge in [0, 0.05) is 30.4 Å². The molecule has 0 spiro atoms. The lowest BCUT2D eigenvalue weighted by molar-refractivity contribution is -0.111. The van der Waals surface area contributed by atoms with Crippen LogP contribution in [0.4, 0.5) is 26.1 Å². The van der Waals surface area contributed by atoms with Gasteiger partial charge in [-0.3, -0.25) is 14.2 Å². The molecule has 1 amide bonds. The Bertz CT molecular complexity index is 1670. The Labute approximate surface area is 235 Å². The first-order valence-electron chi connectivity index (χ1n) is 12.7. The number of carbonyl (C=O) groups is 1. The number of rotatable bonds is 11. The lowest BCUT2D eigenvalue weighted by atomic mass is 10.0. The summed E-state index contributed by atoms with van der Waals surface area (Å²) < 4.78 is 39.6. The van der Waals surface area contributed by atoms with Crippen LogP contribution in [0, 0.1) is 11.6 Å². The summed E-state index contributed by atoms with van der Waals surface area (Å²) in [4.78, 5) is 36.0. The average Bonchev–Trinajstić information content (AvgIpc) is 2.94. The Hall–Kier alpha value is -4.84. The van der Waals surface area contributed by atoms with Crippen molar-refractivity contribution in [3.05, 3.63) is 82.8 Å². The Morgan fingerprint density at radius 2 is 1.90 bits per heavy atom. The predicted molar refractivity (Wildman–Crippen MR) is 153 cm³/mol. The number of hydrogen-bond acceptors (Lipinski definition) is 8. The standard InChI is InChI=1S/C29H30F2N6O4/c1-6-26(38)33-21-15-22(24(40-5)12-17(21)8-7-11-36(2)3)34-29-32-16-18-13-25(28(39)37(4)27(18)35-29)41-23-10-9-19(30)14-20(23)31/h6,9-10,12-16H,1,7-8,11H2,2-5H3,(H,33,38)(H,32,34,35). The van der Waals surface area contributed by atoms with Gasteiger partial charge in [0.2, 0.25) is 11.9 Å². The van der Waals surface area contributed by atoms with Crippen LogP contribution in [0.5, 0.6) is 17.2 Å². The highest BCUT2D eigenvalue weighted by molar-refractivity contribution is 6.00. The van der Waals surface area contributed by atoms with Gasteiger partial charge >= 0.3 is 0 Å². The maximum Gasteiger partial charge on any atom is 0.294 e.